The highest BCUT2D eigenvalue weighted by atomic mass is 32.1. The number of hydrazone groups is 1. The number of amides is 1. The van der Waals surface area contributed by atoms with Crippen LogP contribution in [-0.2, 0) is 0 Å². The first kappa shape index (κ1) is 15.3. The topological polar surface area (TPSA) is 50.7 Å². The van der Waals surface area contributed by atoms with Crippen LogP contribution in [0.3, 0.4) is 0 Å². The molecule has 0 radical (unpaired) electrons. The molecule has 0 bridgehead atoms. The lowest BCUT2D eigenvalue weighted by molar-refractivity contribution is 0.0955. The molecule has 4 nitrogen and oxygen atoms in total. The number of carbonyl (C=O) groups excluding carboxylic acids is 1. The van der Waals surface area contributed by atoms with Gasteiger partial charge in [0.25, 0.3) is 5.91 Å². The predicted molar refractivity (Wildman–Crippen MR) is 86.3 cm³/mol. The Kier molecular flexibility index (Phi) is 5.11. The lowest BCUT2D eigenvalue weighted by atomic mass is 10.2. The third-order valence-corrected chi connectivity index (χ3v) is 3.96. The number of hydrogen-bond donors (Lipinski definition) is 1. The van der Waals surface area contributed by atoms with Crippen molar-refractivity contribution in [2.24, 2.45) is 5.10 Å². The van der Waals surface area contributed by atoms with Crippen LogP contribution in [0.25, 0.3) is 0 Å². The highest BCUT2D eigenvalue weighted by Crippen LogP contribution is 2.16. The molecular weight excluding hydrogens is 284 g/mol. The van der Waals surface area contributed by atoms with Gasteiger partial charge in [0.05, 0.1) is 17.2 Å². The minimum atomic E-state index is -0.231. The van der Waals surface area contributed by atoms with Crippen molar-refractivity contribution in [2.75, 3.05) is 6.61 Å². The van der Waals surface area contributed by atoms with Crippen LogP contribution in [0.2, 0.25) is 0 Å². The monoisotopic (exact) mass is 302 g/mol. The second kappa shape index (κ2) is 7.04. The van der Waals surface area contributed by atoms with E-state index in [1.807, 2.05) is 32.9 Å². The second-order valence-corrected chi connectivity index (χ2v) is 5.79. The Morgan fingerprint density at radius 2 is 1.95 bits per heavy atom. The third-order valence-electron chi connectivity index (χ3n) is 2.85. The van der Waals surface area contributed by atoms with E-state index in [2.05, 4.69) is 10.5 Å². The van der Waals surface area contributed by atoms with Gasteiger partial charge in [0, 0.05) is 10.4 Å². The van der Waals surface area contributed by atoms with E-state index in [-0.39, 0.29) is 5.91 Å². The van der Waals surface area contributed by atoms with E-state index in [0.717, 1.165) is 16.3 Å². The van der Waals surface area contributed by atoms with Gasteiger partial charge in [-0.1, -0.05) is 0 Å². The number of rotatable bonds is 5. The van der Waals surface area contributed by atoms with Crippen LogP contribution >= 0.6 is 11.3 Å². The maximum atomic E-state index is 12.0. The molecule has 5 heteroatoms. The maximum Gasteiger partial charge on any atom is 0.271 e. The smallest absolute Gasteiger partial charge is 0.271 e. The normalized spacial score (nSPS) is 11.3. The second-order valence-electron chi connectivity index (χ2n) is 4.51. The van der Waals surface area contributed by atoms with E-state index < -0.39 is 0 Å². The van der Waals surface area contributed by atoms with E-state index in [0.29, 0.717) is 12.2 Å². The zero-order chi connectivity index (χ0) is 15.2. The van der Waals surface area contributed by atoms with Crippen molar-refractivity contribution in [3.63, 3.8) is 0 Å². The summed E-state index contributed by atoms with van der Waals surface area (Å²) in [5.74, 6) is 0.522. The molecule has 0 saturated heterocycles. The number of nitrogens with zero attached hydrogens (tertiary/aromatic N) is 1. The molecule has 0 unspecified atom stereocenters. The summed E-state index contributed by atoms with van der Waals surface area (Å²) in [6, 6.07) is 11.0. The number of nitrogens with one attached hydrogen (secondary N) is 1. The van der Waals surface area contributed by atoms with Crippen molar-refractivity contribution >= 4 is 23.0 Å². The Labute approximate surface area is 128 Å². The van der Waals surface area contributed by atoms with Gasteiger partial charge < -0.3 is 4.74 Å². The molecule has 0 aliphatic rings. The standard InChI is InChI=1S/C16H18N2O2S/c1-4-20-14-8-6-13(7-9-14)16(19)18-17-12(3)15-10-5-11(2)21-15/h5-10H,4H2,1-3H3,(H,18,19)/b17-12+. The fourth-order valence-electron chi connectivity index (χ4n) is 1.75. The van der Waals surface area contributed by atoms with E-state index in [4.69, 9.17) is 4.74 Å². The zero-order valence-electron chi connectivity index (χ0n) is 12.3. The summed E-state index contributed by atoms with van der Waals surface area (Å²) in [7, 11) is 0. The maximum absolute atomic E-state index is 12.0. The molecule has 2 aromatic rings. The van der Waals surface area contributed by atoms with Crippen molar-refractivity contribution in [2.45, 2.75) is 20.8 Å². The molecule has 0 atom stereocenters. The number of carbonyl (C=O) groups is 1. The van der Waals surface area contributed by atoms with E-state index in [1.54, 1.807) is 35.6 Å². The van der Waals surface area contributed by atoms with Gasteiger partial charge in [-0.3, -0.25) is 4.79 Å². The predicted octanol–water partition coefficient (Wildman–Crippen LogP) is 3.61. The molecule has 1 N–H and O–H groups in total. The third kappa shape index (κ3) is 4.16. The molecule has 0 aliphatic heterocycles. The van der Waals surface area contributed by atoms with Crippen LogP contribution in [0.1, 0.15) is 34.0 Å². The number of benzene rings is 1. The number of aryl methyl sites for hydroxylation is 1. The van der Waals surface area contributed by atoms with Gasteiger partial charge in [-0.15, -0.1) is 11.3 Å². The Bertz CT molecular complexity index is 645. The number of ether oxygens (including phenoxy) is 1. The molecule has 1 aromatic carbocycles. The number of thiophene rings is 1. The summed E-state index contributed by atoms with van der Waals surface area (Å²) in [5, 5.41) is 4.14. The summed E-state index contributed by atoms with van der Waals surface area (Å²) >= 11 is 1.65. The summed E-state index contributed by atoms with van der Waals surface area (Å²) in [5.41, 5.74) is 3.92. The van der Waals surface area contributed by atoms with Gasteiger partial charge >= 0.3 is 0 Å². The lowest BCUT2D eigenvalue weighted by Gasteiger charge is -2.04. The SMILES string of the molecule is CCOc1ccc(C(=O)N/N=C(\C)c2ccc(C)s2)cc1. The first-order valence-corrected chi connectivity index (χ1v) is 7.56. The molecule has 0 aliphatic carbocycles. The quantitative estimate of drug-likeness (QED) is 0.677. The van der Waals surface area contributed by atoms with Gasteiger partial charge in [-0.05, 0) is 57.2 Å². The van der Waals surface area contributed by atoms with E-state index in [9.17, 15) is 4.79 Å². The fourth-order valence-corrected chi connectivity index (χ4v) is 2.56. The molecule has 1 heterocycles. The first-order chi connectivity index (χ1) is 10.1. The van der Waals surface area contributed by atoms with Crippen LogP contribution in [0.4, 0.5) is 0 Å². The fraction of sp³-hybridized carbons (Fsp3) is 0.250. The molecule has 110 valence electrons. The lowest BCUT2D eigenvalue weighted by Crippen LogP contribution is -2.19. The Morgan fingerprint density at radius 1 is 1.24 bits per heavy atom. The van der Waals surface area contributed by atoms with E-state index in [1.165, 1.54) is 4.88 Å². The molecule has 0 saturated carbocycles. The average Bonchev–Trinajstić information content (AvgIpc) is 2.92. The minimum absolute atomic E-state index is 0.231. The van der Waals surface area contributed by atoms with Crippen LogP contribution < -0.4 is 10.2 Å². The Hall–Kier alpha value is -2.14. The molecular formula is C16H18N2O2S. The van der Waals surface area contributed by atoms with Gasteiger partial charge in [0.1, 0.15) is 5.75 Å². The van der Waals surface area contributed by atoms with Crippen LogP contribution in [0.15, 0.2) is 41.5 Å². The largest absolute Gasteiger partial charge is 0.494 e. The van der Waals surface area contributed by atoms with Gasteiger partial charge in [-0.2, -0.15) is 5.10 Å². The molecule has 1 aromatic heterocycles. The first-order valence-electron chi connectivity index (χ1n) is 6.74. The Balaban J connectivity index is 2.00. The Morgan fingerprint density at radius 3 is 2.52 bits per heavy atom. The van der Waals surface area contributed by atoms with Crippen molar-refractivity contribution in [3.8, 4) is 5.75 Å². The van der Waals surface area contributed by atoms with Crippen LogP contribution in [0.5, 0.6) is 5.75 Å². The zero-order valence-corrected chi connectivity index (χ0v) is 13.2. The number of hydrogen-bond acceptors (Lipinski definition) is 4. The van der Waals surface area contributed by atoms with Crippen LogP contribution in [-0.4, -0.2) is 18.2 Å². The van der Waals surface area contributed by atoms with Gasteiger partial charge in [0.2, 0.25) is 0 Å². The van der Waals surface area contributed by atoms with Gasteiger partial charge in [-0.25, -0.2) is 5.43 Å². The summed E-state index contributed by atoms with van der Waals surface area (Å²) < 4.78 is 5.34. The van der Waals surface area contributed by atoms with Crippen molar-refractivity contribution in [1.82, 2.24) is 5.43 Å². The minimum Gasteiger partial charge on any atom is -0.494 e. The molecule has 0 spiro atoms. The summed E-state index contributed by atoms with van der Waals surface area (Å²) in [6.45, 7) is 6.45. The molecule has 0 fully saturated rings. The average molecular weight is 302 g/mol. The molecule has 2 rings (SSSR count). The van der Waals surface area contributed by atoms with Crippen molar-refractivity contribution < 1.29 is 9.53 Å². The van der Waals surface area contributed by atoms with Crippen molar-refractivity contribution in [1.29, 1.82) is 0 Å². The molecule has 21 heavy (non-hydrogen) atoms. The van der Waals surface area contributed by atoms with E-state index >= 15 is 0 Å². The van der Waals surface area contributed by atoms with Crippen molar-refractivity contribution in [3.05, 3.63) is 51.7 Å². The van der Waals surface area contributed by atoms with Gasteiger partial charge in [0.15, 0.2) is 0 Å². The highest BCUT2D eigenvalue weighted by Gasteiger charge is 2.06. The highest BCUT2D eigenvalue weighted by molar-refractivity contribution is 7.14. The summed E-state index contributed by atoms with van der Waals surface area (Å²) in [6.07, 6.45) is 0. The van der Waals surface area contributed by atoms with Crippen LogP contribution in [0, 0.1) is 6.92 Å². The summed E-state index contributed by atoms with van der Waals surface area (Å²) in [4.78, 5) is 14.3. The molecule has 1 amide bonds.